The van der Waals surface area contributed by atoms with Crippen molar-refractivity contribution in [3.8, 4) is 0 Å². The van der Waals surface area contributed by atoms with Crippen LogP contribution in [0.15, 0.2) is 0 Å². The van der Waals surface area contributed by atoms with Gasteiger partial charge >= 0.3 is 0 Å². The molecule has 3 atom stereocenters. The molecule has 0 heterocycles. The minimum Gasteiger partial charge on any atom is -0.391 e. The van der Waals surface area contributed by atoms with Gasteiger partial charge in [0.1, 0.15) is 0 Å². The first-order valence-corrected chi connectivity index (χ1v) is 6.33. The van der Waals surface area contributed by atoms with Crippen molar-refractivity contribution in [2.75, 3.05) is 6.54 Å². The summed E-state index contributed by atoms with van der Waals surface area (Å²) in [5.74, 6) is 0.0528. The molecule has 1 amide bonds. The highest BCUT2D eigenvalue weighted by atomic mass is 16.3. The van der Waals surface area contributed by atoms with E-state index in [-0.39, 0.29) is 24.0 Å². The van der Waals surface area contributed by atoms with E-state index < -0.39 is 0 Å². The van der Waals surface area contributed by atoms with Gasteiger partial charge in [0, 0.05) is 5.92 Å². The van der Waals surface area contributed by atoms with E-state index in [1.807, 2.05) is 6.92 Å². The Morgan fingerprint density at radius 1 is 1.50 bits per heavy atom. The molecule has 0 aromatic heterocycles. The Balaban J connectivity index is 2.31. The van der Waals surface area contributed by atoms with Crippen LogP contribution in [0.1, 0.15) is 45.4 Å². The van der Waals surface area contributed by atoms with E-state index in [9.17, 15) is 9.90 Å². The molecule has 0 spiro atoms. The number of aliphatic hydroxyl groups is 1. The summed E-state index contributed by atoms with van der Waals surface area (Å²) in [5.41, 5.74) is 5.41. The number of carbonyl (C=O) groups is 1. The summed E-state index contributed by atoms with van der Waals surface area (Å²) in [6, 6.07) is -0.0402. The van der Waals surface area contributed by atoms with Crippen molar-refractivity contribution in [1.82, 2.24) is 5.32 Å². The SMILES string of the molecule is CC(CCCN)C(=O)N[C@H]1CCCC[C@@H]1O. The first-order valence-electron chi connectivity index (χ1n) is 6.33. The largest absolute Gasteiger partial charge is 0.391 e. The molecule has 0 radical (unpaired) electrons. The summed E-state index contributed by atoms with van der Waals surface area (Å²) in [7, 11) is 0. The zero-order valence-corrected chi connectivity index (χ0v) is 10.1. The minimum absolute atomic E-state index is 0.00215. The molecule has 1 aliphatic carbocycles. The van der Waals surface area contributed by atoms with E-state index in [0.717, 1.165) is 38.5 Å². The summed E-state index contributed by atoms with van der Waals surface area (Å²) < 4.78 is 0. The van der Waals surface area contributed by atoms with Gasteiger partial charge < -0.3 is 16.2 Å². The second-order valence-corrected chi connectivity index (χ2v) is 4.80. The zero-order valence-electron chi connectivity index (χ0n) is 10.1. The molecule has 1 aliphatic rings. The molecule has 0 saturated heterocycles. The number of hydrogen-bond donors (Lipinski definition) is 3. The molecule has 1 fully saturated rings. The van der Waals surface area contributed by atoms with Gasteiger partial charge in [-0.05, 0) is 32.2 Å². The van der Waals surface area contributed by atoms with Gasteiger partial charge in [0.2, 0.25) is 5.91 Å². The van der Waals surface area contributed by atoms with Gasteiger partial charge in [0.15, 0.2) is 0 Å². The molecule has 0 aliphatic heterocycles. The quantitative estimate of drug-likeness (QED) is 0.651. The third-order valence-electron chi connectivity index (χ3n) is 3.35. The Bertz CT molecular complexity index is 221. The highest BCUT2D eigenvalue weighted by molar-refractivity contribution is 5.78. The normalized spacial score (nSPS) is 27.4. The lowest BCUT2D eigenvalue weighted by Crippen LogP contribution is -2.46. The van der Waals surface area contributed by atoms with Crippen LogP contribution in [0.3, 0.4) is 0 Å². The van der Waals surface area contributed by atoms with Gasteiger partial charge in [0.05, 0.1) is 12.1 Å². The lowest BCUT2D eigenvalue weighted by molar-refractivity contribution is -0.126. The van der Waals surface area contributed by atoms with E-state index in [1.165, 1.54) is 0 Å². The monoisotopic (exact) mass is 228 g/mol. The van der Waals surface area contributed by atoms with Crippen molar-refractivity contribution < 1.29 is 9.90 Å². The summed E-state index contributed by atoms with van der Waals surface area (Å²) in [4.78, 5) is 11.8. The van der Waals surface area contributed by atoms with Crippen molar-refractivity contribution in [2.24, 2.45) is 11.7 Å². The second kappa shape index (κ2) is 6.86. The van der Waals surface area contributed by atoms with Gasteiger partial charge in [-0.1, -0.05) is 19.8 Å². The zero-order chi connectivity index (χ0) is 12.0. The minimum atomic E-state index is -0.362. The van der Waals surface area contributed by atoms with E-state index in [0.29, 0.717) is 6.54 Å². The van der Waals surface area contributed by atoms with Crippen LogP contribution < -0.4 is 11.1 Å². The van der Waals surface area contributed by atoms with Crippen molar-refractivity contribution >= 4 is 5.91 Å². The Morgan fingerprint density at radius 2 is 2.19 bits per heavy atom. The maximum Gasteiger partial charge on any atom is 0.223 e. The lowest BCUT2D eigenvalue weighted by atomic mass is 9.92. The number of carbonyl (C=O) groups excluding carboxylic acids is 1. The molecule has 1 saturated carbocycles. The van der Waals surface area contributed by atoms with Crippen molar-refractivity contribution in [3.63, 3.8) is 0 Å². The third-order valence-corrected chi connectivity index (χ3v) is 3.35. The van der Waals surface area contributed by atoms with E-state index >= 15 is 0 Å². The molecule has 1 rings (SSSR count). The number of hydrogen-bond acceptors (Lipinski definition) is 3. The fourth-order valence-electron chi connectivity index (χ4n) is 2.16. The van der Waals surface area contributed by atoms with Crippen LogP contribution in [-0.2, 0) is 4.79 Å². The number of rotatable bonds is 5. The molecule has 1 unspecified atom stereocenters. The maximum absolute atomic E-state index is 11.8. The number of aliphatic hydroxyl groups excluding tert-OH is 1. The summed E-state index contributed by atoms with van der Waals surface area (Å²) in [6.45, 7) is 2.55. The smallest absolute Gasteiger partial charge is 0.223 e. The highest BCUT2D eigenvalue weighted by Gasteiger charge is 2.25. The van der Waals surface area contributed by atoms with Gasteiger partial charge in [-0.25, -0.2) is 0 Å². The summed E-state index contributed by atoms with van der Waals surface area (Å²) in [6.07, 6.45) is 5.21. The Labute approximate surface area is 97.6 Å². The second-order valence-electron chi connectivity index (χ2n) is 4.80. The number of nitrogens with one attached hydrogen (secondary N) is 1. The van der Waals surface area contributed by atoms with Gasteiger partial charge in [-0.3, -0.25) is 4.79 Å². The Hall–Kier alpha value is -0.610. The van der Waals surface area contributed by atoms with Crippen LogP contribution in [-0.4, -0.2) is 29.7 Å². The third kappa shape index (κ3) is 4.10. The Kier molecular flexibility index (Phi) is 5.77. The van der Waals surface area contributed by atoms with Crippen LogP contribution >= 0.6 is 0 Å². The van der Waals surface area contributed by atoms with E-state index in [1.54, 1.807) is 0 Å². The highest BCUT2D eigenvalue weighted by Crippen LogP contribution is 2.19. The molecule has 4 heteroatoms. The first kappa shape index (κ1) is 13.5. The summed E-state index contributed by atoms with van der Waals surface area (Å²) in [5, 5.41) is 12.7. The molecular formula is C12H24N2O2. The van der Waals surface area contributed by atoms with Crippen molar-refractivity contribution in [1.29, 1.82) is 0 Å². The van der Waals surface area contributed by atoms with Crippen molar-refractivity contribution in [3.05, 3.63) is 0 Å². The first-order chi connectivity index (χ1) is 7.65. The van der Waals surface area contributed by atoms with Crippen molar-refractivity contribution in [2.45, 2.75) is 57.6 Å². The van der Waals surface area contributed by atoms with E-state index in [4.69, 9.17) is 5.73 Å². The average Bonchev–Trinajstić information content (AvgIpc) is 2.28. The predicted molar refractivity (Wildman–Crippen MR) is 63.9 cm³/mol. The van der Waals surface area contributed by atoms with Gasteiger partial charge in [-0.2, -0.15) is 0 Å². The van der Waals surface area contributed by atoms with Crippen LogP contribution in [0.2, 0.25) is 0 Å². The molecule has 4 N–H and O–H groups in total. The topological polar surface area (TPSA) is 75.4 Å². The molecule has 16 heavy (non-hydrogen) atoms. The molecule has 0 bridgehead atoms. The number of amides is 1. The van der Waals surface area contributed by atoms with E-state index in [2.05, 4.69) is 5.32 Å². The molecule has 0 aromatic carbocycles. The molecule has 4 nitrogen and oxygen atoms in total. The predicted octanol–water partition coefficient (Wildman–Crippen LogP) is 0.781. The van der Waals surface area contributed by atoms with Gasteiger partial charge in [0.25, 0.3) is 0 Å². The molecular weight excluding hydrogens is 204 g/mol. The fourth-order valence-corrected chi connectivity index (χ4v) is 2.16. The fraction of sp³-hybridized carbons (Fsp3) is 0.917. The summed E-state index contributed by atoms with van der Waals surface area (Å²) >= 11 is 0. The standard InChI is InChI=1S/C12H24N2O2/c1-9(5-4-8-13)12(16)14-10-6-2-3-7-11(10)15/h9-11,15H,2-8,13H2,1H3,(H,14,16)/t9?,10-,11-/m0/s1. The van der Waals surface area contributed by atoms with Crippen LogP contribution in [0.5, 0.6) is 0 Å². The van der Waals surface area contributed by atoms with Crippen LogP contribution in [0, 0.1) is 5.92 Å². The molecule has 94 valence electrons. The molecule has 0 aromatic rings. The Morgan fingerprint density at radius 3 is 2.81 bits per heavy atom. The maximum atomic E-state index is 11.8. The average molecular weight is 228 g/mol. The number of nitrogens with two attached hydrogens (primary N) is 1. The van der Waals surface area contributed by atoms with Crippen LogP contribution in [0.25, 0.3) is 0 Å². The van der Waals surface area contributed by atoms with Gasteiger partial charge in [-0.15, -0.1) is 0 Å². The lowest BCUT2D eigenvalue weighted by Gasteiger charge is -2.29. The van der Waals surface area contributed by atoms with Crippen LogP contribution in [0.4, 0.5) is 0 Å².